The van der Waals surface area contributed by atoms with Crippen LogP contribution >= 0.6 is 24.0 Å². The number of aliphatic hydroxyl groups excluding tert-OH is 1. The molecule has 18 heavy (non-hydrogen) atoms. The minimum atomic E-state index is -1.03. The predicted molar refractivity (Wildman–Crippen MR) is 75.3 cm³/mol. The number of β-amino-alcohol motifs (C(OH)–C–C–N with tert-alkyl or cyclic N) is 1. The molecule has 0 aromatic heterocycles. The first-order valence-corrected chi connectivity index (χ1v) is 6.14. The topological polar surface area (TPSA) is 43.7 Å². The molecule has 3 atom stereocenters. The molecule has 0 radical (unpaired) electrons. The van der Waals surface area contributed by atoms with Crippen molar-refractivity contribution >= 4 is 24.0 Å². The van der Waals surface area contributed by atoms with Gasteiger partial charge in [-0.05, 0) is 38.1 Å². The van der Waals surface area contributed by atoms with Crippen molar-refractivity contribution in [2.45, 2.75) is 31.1 Å². The van der Waals surface area contributed by atoms with Crippen molar-refractivity contribution in [2.75, 3.05) is 13.6 Å². The highest BCUT2D eigenvalue weighted by Crippen LogP contribution is 2.34. The van der Waals surface area contributed by atoms with Gasteiger partial charge in [-0.1, -0.05) is 23.7 Å². The number of hydrogen-bond acceptors (Lipinski definition) is 3. The zero-order valence-corrected chi connectivity index (χ0v) is 12.1. The summed E-state index contributed by atoms with van der Waals surface area (Å²) >= 11 is 5.86. The van der Waals surface area contributed by atoms with Gasteiger partial charge in [0.15, 0.2) is 0 Å². The van der Waals surface area contributed by atoms with Crippen LogP contribution in [0.4, 0.5) is 0 Å². The zero-order chi connectivity index (χ0) is 12.6. The number of likely N-dealkylation sites (N-methyl/N-ethyl adjacent to an activating group) is 1. The molecular formula is C13H19Cl2NO2. The van der Waals surface area contributed by atoms with Crippen LogP contribution in [0.2, 0.25) is 5.02 Å². The van der Waals surface area contributed by atoms with E-state index in [1.54, 1.807) is 6.92 Å². The maximum atomic E-state index is 10.0. The smallest absolute Gasteiger partial charge is 0.100 e. The number of likely N-dealkylation sites (tertiary alicyclic amines) is 1. The largest absolute Gasteiger partial charge is 0.390 e. The van der Waals surface area contributed by atoms with Crippen molar-refractivity contribution < 1.29 is 10.2 Å². The van der Waals surface area contributed by atoms with Gasteiger partial charge in [-0.15, -0.1) is 12.4 Å². The van der Waals surface area contributed by atoms with Crippen LogP contribution in [-0.4, -0.2) is 40.4 Å². The van der Waals surface area contributed by atoms with E-state index < -0.39 is 11.7 Å². The van der Waals surface area contributed by atoms with Gasteiger partial charge in [-0.2, -0.15) is 0 Å². The van der Waals surface area contributed by atoms with Gasteiger partial charge in [0.2, 0.25) is 0 Å². The number of aliphatic hydroxyl groups is 2. The lowest BCUT2D eigenvalue weighted by Crippen LogP contribution is -2.54. The second-order valence-corrected chi connectivity index (χ2v) is 5.53. The van der Waals surface area contributed by atoms with Gasteiger partial charge in [0, 0.05) is 17.6 Å². The fraction of sp³-hybridized carbons (Fsp3) is 0.538. The Hall–Kier alpha value is -0.320. The third-order valence-electron chi connectivity index (χ3n) is 3.52. The summed E-state index contributed by atoms with van der Waals surface area (Å²) in [5.41, 5.74) is 0.0870. The van der Waals surface area contributed by atoms with E-state index in [-0.39, 0.29) is 18.4 Å². The minimum Gasteiger partial charge on any atom is -0.390 e. The van der Waals surface area contributed by atoms with Gasteiger partial charge < -0.3 is 10.2 Å². The van der Waals surface area contributed by atoms with Crippen molar-refractivity contribution in [1.29, 1.82) is 0 Å². The van der Waals surface area contributed by atoms with E-state index >= 15 is 0 Å². The summed E-state index contributed by atoms with van der Waals surface area (Å²) in [6, 6.07) is 7.77. The Kier molecular flexibility index (Phi) is 5.04. The van der Waals surface area contributed by atoms with E-state index in [2.05, 4.69) is 4.90 Å². The summed E-state index contributed by atoms with van der Waals surface area (Å²) in [7, 11) is 1.96. The molecule has 0 bridgehead atoms. The Morgan fingerprint density at radius 2 is 1.89 bits per heavy atom. The molecule has 1 heterocycles. The lowest BCUT2D eigenvalue weighted by molar-refractivity contribution is -0.121. The summed E-state index contributed by atoms with van der Waals surface area (Å²) in [5.74, 6) is 0. The molecule has 5 heteroatoms. The SMILES string of the molecule is CN1C[C@](C)(O)[C@@H](O)C[C@H]1c1ccc(Cl)cc1.Cl. The van der Waals surface area contributed by atoms with Gasteiger partial charge in [-0.3, -0.25) is 4.90 Å². The Bertz CT molecular complexity index is 394. The predicted octanol–water partition coefficient (Wildman–Crippen LogP) is 2.25. The average molecular weight is 292 g/mol. The molecule has 3 nitrogen and oxygen atoms in total. The van der Waals surface area contributed by atoms with E-state index in [1.807, 2.05) is 31.3 Å². The highest BCUT2D eigenvalue weighted by atomic mass is 35.5. The zero-order valence-electron chi connectivity index (χ0n) is 10.5. The highest BCUT2D eigenvalue weighted by Gasteiger charge is 2.40. The molecule has 0 unspecified atom stereocenters. The number of nitrogens with zero attached hydrogens (tertiary/aromatic N) is 1. The quantitative estimate of drug-likeness (QED) is 0.834. The van der Waals surface area contributed by atoms with Crippen molar-refractivity contribution in [2.24, 2.45) is 0 Å². The Labute approximate surface area is 119 Å². The van der Waals surface area contributed by atoms with Crippen LogP contribution in [0, 0.1) is 0 Å². The second kappa shape index (κ2) is 5.76. The van der Waals surface area contributed by atoms with Crippen LogP contribution in [-0.2, 0) is 0 Å². The van der Waals surface area contributed by atoms with Gasteiger partial charge >= 0.3 is 0 Å². The number of piperidine rings is 1. The van der Waals surface area contributed by atoms with E-state index in [0.717, 1.165) is 5.56 Å². The summed E-state index contributed by atoms with van der Waals surface area (Å²) in [6.07, 6.45) is -0.162. The number of benzene rings is 1. The summed E-state index contributed by atoms with van der Waals surface area (Å²) in [5, 5.41) is 20.7. The molecule has 2 rings (SSSR count). The Balaban J connectivity index is 0.00000162. The van der Waals surface area contributed by atoms with Crippen molar-refractivity contribution in [3.05, 3.63) is 34.9 Å². The van der Waals surface area contributed by atoms with Crippen molar-refractivity contribution in [1.82, 2.24) is 4.90 Å². The molecule has 1 fully saturated rings. The Morgan fingerprint density at radius 3 is 2.44 bits per heavy atom. The molecule has 1 aliphatic heterocycles. The Morgan fingerprint density at radius 1 is 1.33 bits per heavy atom. The van der Waals surface area contributed by atoms with Crippen LogP contribution in [0.15, 0.2) is 24.3 Å². The molecule has 0 saturated carbocycles. The molecule has 1 aromatic rings. The van der Waals surface area contributed by atoms with Gasteiger partial charge in [0.25, 0.3) is 0 Å². The molecule has 0 aliphatic carbocycles. The first-order valence-electron chi connectivity index (χ1n) is 5.76. The normalized spacial score (nSPS) is 32.9. The number of halogens is 2. The molecule has 1 saturated heterocycles. The first-order chi connectivity index (χ1) is 7.90. The van der Waals surface area contributed by atoms with Crippen LogP contribution < -0.4 is 0 Å². The molecule has 1 aliphatic rings. The third kappa shape index (κ3) is 3.16. The van der Waals surface area contributed by atoms with Crippen LogP contribution in [0.1, 0.15) is 24.9 Å². The third-order valence-corrected chi connectivity index (χ3v) is 3.77. The molecule has 1 aromatic carbocycles. The molecule has 0 amide bonds. The van der Waals surface area contributed by atoms with Gasteiger partial charge in [0.05, 0.1) is 6.10 Å². The standard InChI is InChI=1S/C13H18ClNO2.ClH/c1-13(17)8-15(2)11(7-12(13)16)9-3-5-10(14)6-4-9;/h3-6,11-12,16-17H,7-8H2,1-2H3;1H/t11-,12-,13-;/m0./s1. The van der Waals surface area contributed by atoms with E-state index in [0.29, 0.717) is 18.0 Å². The number of rotatable bonds is 1. The molecular weight excluding hydrogens is 273 g/mol. The minimum absolute atomic E-state index is 0. The maximum Gasteiger partial charge on any atom is 0.100 e. The van der Waals surface area contributed by atoms with Gasteiger partial charge in [0.1, 0.15) is 5.60 Å². The highest BCUT2D eigenvalue weighted by molar-refractivity contribution is 6.30. The number of hydrogen-bond donors (Lipinski definition) is 2. The summed E-state index contributed by atoms with van der Waals surface area (Å²) < 4.78 is 0. The van der Waals surface area contributed by atoms with Crippen molar-refractivity contribution in [3.63, 3.8) is 0 Å². The molecule has 0 spiro atoms. The van der Waals surface area contributed by atoms with Crippen LogP contribution in [0.25, 0.3) is 0 Å². The molecule has 102 valence electrons. The van der Waals surface area contributed by atoms with Crippen LogP contribution in [0.3, 0.4) is 0 Å². The van der Waals surface area contributed by atoms with Crippen molar-refractivity contribution in [3.8, 4) is 0 Å². The average Bonchev–Trinajstić information content (AvgIpc) is 2.24. The van der Waals surface area contributed by atoms with Gasteiger partial charge in [-0.25, -0.2) is 0 Å². The second-order valence-electron chi connectivity index (χ2n) is 5.09. The van der Waals surface area contributed by atoms with E-state index in [9.17, 15) is 10.2 Å². The van der Waals surface area contributed by atoms with E-state index in [1.165, 1.54) is 0 Å². The summed E-state index contributed by atoms with van der Waals surface area (Å²) in [6.45, 7) is 2.13. The summed E-state index contributed by atoms with van der Waals surface area (Å²) in [4.78, 5) is 2.07. The van der Waals surface area contributed by atoms with E-state index in [4.69, 9.17) is 11.6 Å². The fourth-order valence-corrected chi connectivity index (χ4v) is 2.57. The van der Waals surface area contributed by atoms with Crippen LogP contribution in [0.5, 0.6) is 0 Å². The lowest BCUT2D eigenvalue weighted by Gasteiger charge is -2.44. The fourth-order valence-electron chi connectivity index (χ4n) is 2.44. The first kappa shape index (κ1) is 15.7. The molecule has 2 N–H and O–H groups in total. The lowest BCUT2D eigenvalue weighted by atomic mass is 9.85. The maximum absolute atomic E-state index is 10.0. The monoisotopic (exact) mass is 291 g/mol.